The number of aryl methyl sites for hydroxylation is 3. The van der Waals surface area contributed by atoms with E-state index in [-0.39, 0.29) is 34.9 Å². The van der Waals surface area contributed by atoms with Crippen molar-refractivity contribution in [1.29, 1.82) is 0 Å². The highest BCUT2D eigenvalue weighted by atomic mass is 16.3. The Morgan fingerprint density at radius 3 is 2.44 bits per heavy atom. The summed E-state index contributed by atoms with van der Waals surface area (Å²) in [6.45, 7) is 2.03. The summed E-state index contributed by atoms with van der Waals surface area (Å²) in [5.41, 5.74) is 8.87. The van der Waals surface area contributed by atoms with E-state index in [1.54, 1.807) is 0 Å². The maximum absolute atomic E-state index is 13.6. The number of rotatable bonds is 5. The third kappa shape index (κ3) is 3.73. The number of amides is 1. The third-order valence-corrected chi connectivity index (χ3v) is 7.78. The number of fused-ring (bicyclic) bond motifs is 3. The lowest BCUT2D eigenvalue weighted by Gasteiger charge is -2.41. The molecule has 1 amide bonds. The van der Waals surface area contributed by atoms with Gasteiger partial charge < -0.3 is 15.9 Å². The standard InChI is InChI=1S/C28H26N2O6/c1-13-2-4-14(5-3-13)6-7-15-8-9-20(31)23-18(15)11-16-10-17-12-19(30-36)24(28(29)35)27(34)22(17)25(32)21(16)26(23)33/h2-5,8-9,16-17,22,31-32H,6-7,10-12H2,1H3,(H2,29,35)/t16-,17+,22?/m1/s1. The lowest BCUT2D eigenvalue weighted by atomic mass is 9.62. The molecule has 2 aromatic carbocycles. The average Bonchev–Trinajstić information content (AvgIpc) is 2.83. The first kappa shape index (κ1) is 23.7. The lowest BCUT2D eigenvalue weighted by Crippen LogP contribution is -2.43. The maximum atomic E-state index is 13.6. The summed E-state index contributed by atoms with van der Waals surface area (Å²) >= 11 is 0. The Morgan fingerprint density at radius 2 is 1.78 bits per heavy atom. The molecule has 0 saturated heterocycles. The Bertz CT molecular complexity index is 1390. The van der Waals surface area contributed by atoms with Crippen LogP contribution in [0.15, 0.2) is 64.2 Å². The topological polar surface area (TPSA) is 147 Å². The second-order valence-electron chi connectivity index (χ2n) is 9.93. The quantitative estimate of drug-likeness (QED) is 0.433. The van der Waals surface area contributed by atoms with E-state index in [0.717, 1.165) is 23.1 Å². The highest BCUT2D eigenvalue weighted by Gasteiger charge is 2.50. The van der Waals surface area contributed by atoms with Gasteiger partial charge in [-0.15, -0.1) is 4.91 Å². The van der Waals surface area contributed by atoms with E-state index < -0.39 is 40.6 Å². The number of hydrogen-bond acceptors (Lipinski definition) is 7. The molecule has 0 spiro atoms. The molecule has 0 bridgehead atoms. The number of nitrogens with zero attached hydrogens (tertiary/aromatic N) is 1. The Hall–Kier alpha value is -4.07. The molecule has 8 heteroatoms. The van der Waals surface area contributed by atoms with Crippen LogP contribution in [0.1, 0.15) is 45.5 Å². The summed E-state index contributed by atoms with van der Waals surface area (Å²) in [6.07, 6.45) is 2.22. The molecule has 4 N–H and O–H groups in total. The fraction of sp³-hybridized carbons (Fsp3) is 0.321. The Balaban J connectivity index is 1.52. The molecule has 0 aliphatic heterocycles. The van der Waals surface area contributed by atoms with E-state index in [0.29, 0.717) is 19.3 Å². The van der Waals surface area contributed by atoms with Crippen LogP contribution in [-0.2, 0) is 28.9 Å². The van der Waals surface area contributed by atoms with Gasteiger partial charge in [-0.3, -0.25) is 14.4 Å². The van der Waals surface area contributed by atoms with Gasteiger partial charge in [-0.25, -0.2) is 0 Å². The number of allylic oxidation sites excluding steroid dienone is 3. The maximum Gasteiger partial charge on any atom is 0.254 e. The van der Waals surface area contributed by atoms with Crippen LogP contribution >= 0.6 is 0 Å². The molecule has 2 aromatic rings. The van der Waals surface area contributed by atoms with Gasteiger partial charge in [0.15, 0.2) is 11.6 Å². The highest BCUT2D eigenvalue weighted by molar-refractivity contribution is 6.22. The first-order chi connectivity index (χ1) is 17.2. The van der Waals surface area contributed by atoms with Gasteiger partial charge >= 0.3 is 0 Å². The molecular formula is C28H26N2O6. The first-order valence-electron chi connectivity index (χ1n) is 12.0. The summed E-state index contributed by atoms with van der Waals surface area (Å²) in [6, 6.07) is 11.6. The molecule has 3 atom stereocenters. The van der Waals surface area contributed by atoms with Crippen LogP contribution in [0.2, 0.25) is 0 Å². The van der Waals surface area contributed by atoms with E-state index in [1.165, 1.54) is 11.6 Å². The van der Waals surface area contributed by atoms with Crippen molar-refractivity contribution in [3.63, 3.8) is 0 Å². The second kappa shape index (κ2) is 8.86. The van der Waals surface area contributed by atoms with Gasteiger partial charge in [0.1, 0.15) is 22.8 Å². The van der Waals surface area contributed by atoms with Crippen molar-refractivity contribution in [2.45, 2.75) is 39.0 Å². The summed E-state index contributed by atoms with van der Waals surface area (Å²) < 4.78 is 0. The summed E-state index contributed by atoms with van der Waals surface area (Å²) in [5.74, 6) is -4.95. The number of benzene rings is 2. The smallest absolute Gasteiger partial charge is 0.254 e. The molecule has 0 saturated carbocycles. The third-order valence-electron chi connectivity index (χ3n) is 7.78. The van der Waals surface area contributed by atoms with Gasteiger partial charge in [0, 0.05) is 5.57 Å². The van der Waals surface area contributed by atoms with Crippen molar-refractivity contribution >= 4 is 17.5 Å². The first-order valence-corrected chi connectivity index (χ1v) is 12.0. The molecule has 36 heavy (non-hydrogen) atoms. The molecule has 0 radical (unpaired) electrons. The SMILES string of the molecule is Cc1ccc(CCc2ccc(O)c3c2C[C@H]2C[C@H]4CC(N=O)=C(C(N)=O)C(=O)C4C(O)=C2C3=O)cc1. The number of nitrogens with two attached hydrogens (primary N) is 1. The Morgan fingerprint density at radius 1 is 1.06 bits per heavy atom. The molecule has 0 aromatic heterocycles. The van der Waals surface area contributed by atoms with Crippen molar-refractivity contribution in [3.05, 3.63) is 91.7 Å². The van der Waals surface area contributed by atoms with Crippen LogP contribution in [0.5, 0.6) is 5.75 Å². The minimum atomic E-state index is -1.14. The van der Waals surface area contributed by atoms with Crippen LogP contribution in [0, 0.1) is 29.6 Å². The summed E-state index contributed by atoms with van der Waals surface area (Å²) in [4.78, 5) is 49.8. The second-order valence-corrected chi connectivity index (χ2v) is 9.93. The minimum Gasteiger partial charge on any atom is -0.511 e. The van der Waals surface area contributed by atoms with Gasteiger partial charge in [-0.05, 0) is 78.8 Å². The van der Waals surface area contributed by atoms with E-state index in [9.17, 15) is 29.5 Å². The number of carbonyl (C=O) groups is 3. The number of carbonyl (C=O) groups excluding carboxylic acids is 3. The van der Waals surface area contributed by atoms with Gasteiger partial charge in [0.25, 0.3) is 5.91 Å². The van der Waals surface area contributed by atoms with Crippen LogP contribution in [0.25, 0.3) is 0 Å². The Kier molecular flexibility index (Phi) is 5.82. The summed E-state index contributed by atoms with van der Waals surface area (Å²) in [5, 5.41) is 24.6. The zero-order valence-electron chi connectivity index (χ0n) is 19.8. The normalized spacial score (nSPS) is 23.2. The van der Waals surface area contributed by atoms with Gasteiger partial charge in [-0.2, -0.15) is 0 Å². The monoisotopic (exact) mass is 486 g/mol. The molecule has 5 rings (SSSR count). The van der Waals surface area contributed by atoms with E-state index in [4.69, 9.17) is 5.73 Å². The number of aliphatic hydroxyl groups excluding tert-OH is 1. The molecule has 3 aliphatic carbocycles. The van der Waals surface area contributed by atoms with Gasteiger partial charge in [0.2, 0.25) is 0 Å². The number of Topliss-reactive ketones (excluding diaryl/α,β-unsaturated/α-hetero) is 2. The largest absolute Gasteiger partial charge is 0.511 e. The predicted molar refractivity (Wildman–Crippen MR) is 131 cm³/mol. The number of hydrogen-bond donors (Lipinski definition) is 3. The Labute approximate surface area is 207 Å². The van der Waals surface area contributed by atoms with Crippen molar-refractivity contribution in [2.24, 2.45) is 28.7 Å². The lowest BCUT2D eigenvalue weighted by molar-refractivity contribution is -0.125. The number of ketones is 2. The number of aromatic hydroxyl groups is 1. The van der Waals surface area contributed by atoms with Gasteiger partial charge in [-0.1, -0.05) is 35.9 Å². The van der Waals surface area contributed by atoms with Crippen molar-refractivity contribution in [3.8, 4) is 5.75 Å². The fourth-order valence-corrected chi connectivity index (χ4v) is 6.05. The highest BCUT2D eigenvalue weighted by Crippen LogP contribution is 2.50. The van der Waals surface area contributed by atoms with Crippen LogP contribution < -0.4 is 5.73 Å². The van der Waals surface area contributed by atoms with Crippen molar-refractivity contribution in [2.75, 3.05) is 0 Å². The van der Waals surface area contributed by atoms with Crippen LogP contribution in [0.4, 0.5) is 0 Å². The molecule has 0 fully saturated rings. The number of phenols is 1. The zero-order valence-corrected chi connectivity index (χ0v) is 19.8. The molecule has 3 aliphatic rings. The molecule has 0 heterocycles. The minimum absolute atomic E-state index is 0.0212. The number of aliphatic hydroxyl groups is 1. The number of primary amides is 1. The number of phenolic OH excluding ortho intramolecular Hbond substituents is 1. The number of nitroso groups, excluding NO2 is 1. The van der Waals surface area contributed by atoms with Crippen LogP contribution in [0.3, 0.4) is 0 Å². The van der Waals surface area contributed by atoms with Crippen molar-refractivity contribution in [1.82, 2.24) is 0 Å². The van der Waals surface area contributed by atoms with Crippen LogP contribution in [-0.4, -0.2) is 27.7 Å². The van der Waals surface area contributed by atoms with E-state index >= 15 is 0 Å². The summed E-state index contributed by atoms with van der Waals surface area (Å²) in [7, 11) is 0. The molecular weight excluding hydrogens is 460 g/mol. The molecule has 184 valence electrons. The molecule has 1 unspecified atom stereocenters. The van der Waals surface area contributed by atoms with Crippen molar-refractivity contribution < 1.29 is 24.6 Å². The zero-order chi connectivity index (χ0) is 25.7. The fourth-order valence-electron chi connectivity index (χ4n) is 6.05. The molecule has 8 nitrogen and oxygen atoms in total. The predicted octanol–water partition coefficient (Wildman–Crippen LogP) is 3.77. The average molecular weight is 487 g/mol. The van der Waals surface area contributed by atoms with Gasteiger partial charge in [0.05, 0.1) is 11.5 Å². The van der Waals surface area contributed by atoms with E-state index in [2.05, 4.69) is 29.4 Å². The van der Waals surface area contributed by atoms with E-state index in [1.807, 2.05) is 13.0 Å².